The van der Waals surface area contributed by atoms with Crippen LogP contribution in [0.1, 0.15) is 11.1 Å². The maximum absolute atomic E-state index is 11.9. The summed E-state index contributed by atoms with van der Waals surface area (Å²) in [6.45, 7) is 0.332. The molecule has 0 heterocycles. The molecule has 3 rings (SSSR count). The fourth-order valence-corrected chi connectivity index (χ4v) is 2.74. The van der Waals surface area contributed by atoms with Crippen LogP contribution in [-0.2, 0) is 11.4 Å². The number of ether oxygens (including phenoxy) is 2. The van der Waals surface area contributed by atoms with Gasteiger partial charge in [-0.1, -0.05) is 64.5 Å². The normalized spacial score (nSPS) is 10.6. The number of nitrogens with one attached hydrogen (secondary N) is 1. The van der Waals surface area contributed by atoms with E-state index >= 15 is 0 Å². The van der Waals surface area contributed by atoms with Crippen LogP contribution in [0.4, 0.5) is 0 Å². The smallest absolute Gasteiger partial charge is 0.277 e. The molecule has 0 aliphatic rings. The number of hydrogen-bond donors (Lipinski definition) is 1. The molecule has 0 saturated carbocycles. The van der Waals surface area contributed by atoms with Gasteiger partial charge in [0.05, 0.1) is 6.21 Å². The van der Waals surface area contributed by atoms with Crippen molar-refractivity contribution in [1.29, 1.82) is 0 Å². The molecule has 0 aliphatic carbocycles. The molecule has 28 heavy (non-hydrogen) atoms. The summed E-state index contributed by atoms with van der Waals surface area (Å²) in [4.78, 5) is 11.9. The molecule has 0 aromatic heterocycles. The third-order valence-electron chi connectivity index (χ3n) is 3.72. The number of hydrogen-bond acceptors (Lipinski definition) is 4. The lowest BCUT2D eigenvalue weighted by atomic mass is 10.2. The first-order valence-corrected chi connectivity index (χ1v) is 9.46. The fraction of sp³-hybridized carbons (Fsp3) is 0.0909. The minimum Gasteiger partial charge on any atom is -0.488 e. The molecule has 0 fully saturated rings. The van der Waals surface area contributed by atoms with Crippen LogP contribution < -0.4 is 14.9 Å². The Labute approximate surface area is 172 Å². The number of para-hydroxylation sites is 1. The molecule has 0 atom stereocenters. The molecule has 0 aliphatic heterocycles. The van der Waals surface area contributed by atoms with E-state index in [4.69, 9.17) is 9.47 Å². The van der Waals surface area contributed by atoms with Crippen LogP contribution in [0.25, 0.3) is 0 Å². The van der Waals surface area contributed by atoms with Crippen molar-refractivity contribution in [3.63, 3.8) is 0 Å². The number of nitrogens with zero attached hydrogens (tertiary/aromatic N) is 1. The van der Waals surface area contributed by atoms with Gasteiger partial charge in [0.25, 0.3) is 5.91 Å². The molecule has 0 radical (unpaired) electrons. The largest absolute Gasteiger partial charge is 0.488 e. The Balaban J connectivity index is 1.51. The highest BCUT2D eigenvalue weighted by atomic mass is 79.9. The van der Waals surface area contributed by atoms with E-state index in [1.54, 1.807) is 18.3 Å². The van der Waals surface area contributed by atoms with Crippen molar-refractivity contribution in [2.24, 2.45) is 5.10 Å². The minimum atomic E-state index is -0.348. The fourth-order valence-electron chi connectivity index (χ4n) is 2.37. The Bertz CT molecular complexity index is 945. The highest BCUT2D eigenvalue weighted by molar-refractivity contribution is 9.10. The molecule has 3 aromatic rings. The second kappa shape index (κ2) is 10.3. The average Bonchev–Trinajstić information content (AvgIpc) is 2.72. The first-order chi connectivity index (χ1) is 13.7. The lowest BCUT2D eigenvalue weighted by Crippen LogP contribution is -2.24. The van der Waals surface area contributed by atoms with Crippen LogP contribution in [-0.4, -0.2) is 18.7 Å². The van der Waals surface area contributed by atoms with Gasteiger partial charge in [-0.15, -0.1) is 0 Å². The van der Waals surface area contributed by atoms with Crippen LogP contribution in [0.3, 0.4) is 0 Å². The number of amides is 1. The van der Waals surface area contributed by atoms with E-state index in [2.05, 4.69) is 26.5 Å². The van der Waals surface area contributed by atoms with Crippen molar-refractivity contribution in [2.45, 2.75) is 6.61 Å². The van der Waals surface area contributed by atoms with E-state index in [0.717, 1.165) is 15.6 Å². The van der Waals surface area contributed by atoms with Crippen LogP contribution in [0.2, 0.25) is 0 Å². The van der Waals surface area contributed by atoms with Gasteiger partial charge in [0.15, 0.2) is 6.61 Å². The van der Waals surface area contributed by atoms with Gasteiger partial charge >= 0.3 is 0 Å². The molecule has 5 nitrogen and oxygen atoms in total. The number of carbonyl (C=O) groups is 1. The Morgan fingerprint density at radius 2 is 1.75 bits per heavy atom. The van der Waals surface area contributed by atoms with Crippen molar-refractivity contribution in [3.8, 4) is 11.5 Å². The molecular weight excluding hydrogens is 420 g/mol. The molecular formula is C22H19BrN2O3. The lowest BCUT2D eigenvalue weighted by molar-refractivity contribution is -0.123. The van der Waals surface area contributed by atoms with Crippen molar-refractivity contribution >= 4 is 28.1 Å². The Hall–Kier alpha value is -3.12. The van der Waals surface area contributed by atoms with Crippen LogP contribution in [0.5, 0.6) is 11.5 Å². The van der Waals surface area contributed by atoms with Gasteiger partial charge in [0.1, 0.15) is 18.1 Å². The van der Waals surface area contributed by atoms with Gasteiger partial charge in [-0.3, -0.25) is 4.79 Å². The summed E-state index contributed by atoms with van der Waals surface area (Å²) in [5, 5.41) is 3.99. The number of rotatable bonds is 8. The van der Waals surface area contributed by atoms with Gasteiger partial charge in [-0.05, 0) is 35.9 Å². The minimum absolute atomic E-state index is 0.125. The van der Waals surface area contributed by atoms with Crippen LogP contribution in [0, 0.1) is 0 Å². The molecule has 0 unspecified atom stereocenters. The first-order valence-electron chi connectivity index (χ1n) is 8.67. The first kappa shape index (κ1) is 19.6. The van der Waals surface area contributed by atoms with Gasteiger partial charge < -0.3 is 9.47 Å². The molecule has 1 N–H and O–H groups in total. The number of carbonyl (C=O) groups excluding carboxylic acids is 1. The summed E-state index contributed by atoms with van der Waals surface area (Å²) in [6.07, 6.45) is 1.55. The molecule has 6 heteroatoms. The summed E-state index contributed by atoms with van der Waals surface area (Å²) in [6, 6.07) is 24.7. The predicted molar refractivity (Wildman–Crippen MR) is 113 cm³/mol. The third kappa shape index (κ3) is 6.25. The van der Waals surface area contributed by atoms with E-state index in [1.165, 1.54) is 0 Å². The zero-order valence-electron chi connectivity index (χ0n) is 15.0. The predicted octanol–water partition coefficient (Wildman–Crippen LogP) is 4.56. The molecule has 0 spiro atoms. The maximum Gasteiger partial charge on any atom is 0.277 e. The number of hydrazone groups is 1. The van der Waals surface area contributed by atoms with E-state index in [1.807, 2.05) is 66.7 Å². The van der Waals surface area contributed by atoms with Crippen LogP contribution >= 0.6 is 15.9 Å². The van der Waals surface area contributed by atoms with E-state index in [-0.39, 0.29) is 12.5 Å². The number of halogens is 1. The highest BCUT2D eigenvalue weighted by Gasteiger charge is 2.04. The second-order valence-corrected chi connectivity index (χ2v) is 6.77. The summed E-state index contributed by atoms with van der Waals surface area (Å²) >= 11 is 3.36. The quantitative estimate of drug-likeness (QED) is 0.414. The summed E-state index contributed by atoms with van der Waals surface area (Å²) < 4.78 is 12.2. The topological polar surface area (TPSA) is 59.9 Å². The van der Waals surface area contributed by atoms with Gasteiger partial charge in [0, 0.05) is 10.0 Å². The third-order valence-corrected chi connectivity index (χ3v) is 4.21. The number of benzene rings is 3. The maximum atomic E-state index is 11.9. The Morgan fingerprint density at radius 3 is 2.57 bits per heavy atom. The highest BCUT2D eigenvalue weighted by Crippen LogP contribution is 2.18. The average molecular weight is 439 g/mol. The zero-order valence-corrected chi connectivity index (χ0v) is 16.6. The summed E-state index contributed by atoms with van der Waals surface area (Å²) in [5.41, 5.74) is 4.30. The van der Waals surface area contributed by atoms with E-state index < -0.39 is 0 Å². The van der Waals surface area contributed by atoms with Crippen molar-refractivity contribution in [2.75, 3.05) is 6.61 Å². The standard InChI is InChI=1S/C22H19BrN2O3/c23-19-10-6-11-20(13-19)27-16-22(26)25-24-14-18-9-4-5-12-21(18)28-15-17-7-2-1-3-8-17/h1-14H,15-16H2,(H,25,26)/b24-14+. The van der Waals surface area contributed by atoms with Gasteiger partial charge in [-0.2, -0.15) is 5.10 Å². The molecule has 0 bridgehead atoms. The molecule has 3 aromatic carbocycles. The molecule has 142 valence electrons. The summed E-state index contributed by atoms with van der Waals surface area (Å²) in [7, 11) is 0. The van der Waals surface area contributed by atoms with Crippen molar-refractivity contribution < 1.29 is 14.3 Å². The van der Waals surface area contributed by atoms with Crippen LogP contribution in [0.15, 0.2) is 88.4 Å². The van der Waals surface area contributed by atoms with E-state index in [9.17, 15) is 4.79 Å². The lowest BCUT2D eigenvalue weighted by Gasteiger charge is -2.09. The SMILES string of the molecule is O=C(COc1cccc(Br)c1)N/N=C/c1ccccc1OCc1ccccc1. The summed E-state index contributed by atoms with van der Waals surface area (Å²) in [5.74, 6) is 0.946. The Kier molecular flexibility index (Phi) is 7.21. The zero-order chi connectivity index (χ0) is 19.6. The van der Waals surface area contributed by atoms with Crippen molar-refractivity contribution in [3.05, 3.63) is 94.5 Å². The van der Waals surface area contributed by atoms with Crippen molar-refractivity contribution in [1.82, 2.24) is 5.43 Å². The molecule has 1 amide bonds. The van der Waals surface area contributed by atoms with Gasteiger partial charge in [-0.25, -0.2) is 5.43 Å². The monoisotopic (exact) mass is 438 g/mol. The van der Waals surface area contributed by atoms with E-state index in [0.29, 0.717) is 18.1 Å². The Morgan fingerprint density at radius 1 is 0.964 bits per heavy atom. The molecule has 0 saturated heterocycles. The van der Waals surface area contributed by atoms with Gasteiger partial charge in [0.2, 0.25) is 0 Å². The second-order valence-electron chi connectivity index (χ2n) is 5.85.